The van der Waals surface area contributed by atoms with Gasteiger partial charge in [-0.2, -0.15) is 5.10 Å². The highest BCUT2D eigenvalue weighted by Gasteiger charge is 2.30. The van der Waals surface area contributed by atoms with E-state index >= 15 is 0 Å². The fourth-order valence-corrected chi connectivity index (χ4v) is 3.28. The Morgan fingerprint density at radius 1 is 1.27 bits per heavy atom. The molecule has 1 fully saturated rings. The average molecular weight is 352 g/mol. The van der Waals surface area contributed by atoms with Gasteiger partial charge in [0.2, 0.25) is 0 Å². The molecule has 8 heteroatoms. The van der Waals surface area contributed by atoms with Crippen LogP contribution in [-0.4, -0.2) is 61.2 Å². The quantitative estimate of drug-likeness (QED) is 0.704. The summed E-state index contributed by atoms with van der Waals surface area (Å²) < 4.78 is 7.24. The number of amides is 1. The zero-order valence-electron chi connectivity index (χ0n) is 14.6. The summed E-state index contributed by atoms with van der Waals surface area (Å²) in [5.74, 6) is -0.0529. The average Bonchev–Trinajstić information content (AvgIpc) is 3.11. The molecule has 0 aliphatic carbocycles. The molecule has 0 N–H and O–H groups in total. The Balaban J connectivity index is 1.53. The van der Waals surface area contributed by atoms with E-state index in [-0.39, 0.29) is 11.9 Å². The van der Waals surface area contributed by atoms with Gasteiger partial charge in [-0.15, -0.1) is 0 Å². The minimum Gasteiger partial charge on any atom is -0.377 e. The maximum absolute atomic E-state index is 13.1. The first-order chi connectivity index (χ1) is 12.7. The van der Waals surface area contributed by atoms with Gasteiger partial charge in [-0.3, -0.25) is 14.8 Å². The lowest BCUT2D eigenvalue weighted by Crippen LogP contribution is -2.49. The lowest BCUT2D eigenvalue weighted by Gasteiger charge is -2.35. The second-order valence-corrected chi connectivity index (χ2v) is 6.30. The molecule has 0 saturated carbocycles. The van der Waals surface area contributed by atoms with Gasteiger partial charge in [-0.05, 0) is 25.8 Å². The second-order valence-electron chi connectivity index (χ2n) is 6.30. The third kappa shape index (κ3) is 3.15. The van der Waals surface area contributed by atoms with Gasteiger partial charge in [-0.25, -0.2) is 9.50 Å². The smallest absolute Gasteiger partial charge is 0.259 e. The molecular formula is C18H20N6O2. The van der Waals surface area contributed by atoms with Crippen LogP contribution in [0.25, 0.3) is 5.65 Å². The number of aromatic nitrogens is 5. The first-order valence-electron chi connectivity index (χ1n) is 8.67. The maximum Gasteiger partial charge on any atom is 0.259 e. The van der Waals surface area contributed by atoms with Crippen LogP contribution in [0.5, 0.6) is 0 Å². The molecule has 1 atom stereocenters. The highest BCUT2D eigenvalue weighted by atomic mass is 16.5. The van der Waals surface area contributed by atoms with Gasteiger partial charge in [0, 0.05) is 31.3 Å². The van der Waals surface area contributed by atoms with E-state index in [1.807, 2.05) is 11.8 Å². The van der Waals surface area contributed by atoms with Crippen molar-refractivity contribution in [2.24, 2.45) is 0 Å². The lowest BCUT2D eigenvalue weighted by molar-refractivity contribution is -0.00405. The molecule has 4 heterocycles. The summed E-state index contributed by atoms with van der Waals surface area (Å²) in [6.45, 7) is 3.58. The third-order valence-corrected chi connectivity index (χ3v) is 4.70. The SMILES string of the molecule is Cc1nccnc1CC[C@H]1COCCN1C(=O)c1cnn2cccnc12. The van der Waals surface area contributed by atoms with Crippen molar-refractivity contribution >= 4 is 11.6 Å². The molecule has 26 heavy (non-hydrogen) atoms. The van der Waals surface area contributed by atoms with Gasteiger partial charge in [-0.1, -0.05) is 0 Å². The third-order valence-electron chi connectivity index (χ3n) is 4.70. The van der Waals surface area contributed by atoms with Gasteiger partial charge in [0.1, 0.15) is 5.56 Å². The van der Waals surface area contributed by atoms with E-state index in [2.05, 4.69) is 20.1 Å². The molecule has 0 bridgehead atoms. The van der Waals surface area contributed by atoms with Crippen molar-refractivity contribution in [2.45, 2.75) is 25.8 Å². The molecule has 0 unspecified atom stereocenters. The van der Waals surface area contributed by atoms with E-state index < -0.39 is 0 Å². The highest BCUT2D eigenvalue weighted by Crippen LogP contribution is 2.19. The predicted molar refractivity (Wildman–Crippen MR) is 93.7 cm³/mol. The number of nitrogens with zero attached hydrogens (tertiary/aromatic N) is 6. The molecule has 8 nitrogen and oxygen atoms in total. The van der Waals surface area contributed by atoms with E-state index in [0.29, 0.717) is 31.0 Å². The molecule has 4 rings (SSSR count). The van der Waals surface area contributed by atoms with Crippen molar-refractivity contribution in [3.63, 3.8) is 0 Å². The largest absolute Gasteiger partial charge is 0.377 e. The summed E-state index contributed by atoms with van der Waals surface area (Å²) in [5, 5.41) is 4.22. The van der Waals surface area contributed by atoms with Crippen LogP contribution in [-0.2, 0) is 11.2 Å². The standard InChI is InChI=1S/C18H20N6O2/c1-13-16(20-7-6-19-13)4-3-14-12-26-10-9-23(14)18(25)15-11-22-24-8-2-5-21-17(15)24/h2,5-8,11,14H,3-4,9-10,12H2,1H3/t14-/m0/s1. The van der Waals surface area contributed by atoms with E-state index in [9.17, 15) is 4.79 Å². The molecule has 0 aromatic carbocycles. The first kappa shape index (κ1) is 16.6. The van der Waals surface area contributed by atoms with Crippen LogP contribution in [0.15, 0.2) is 37.1 Å². The Kier molecular flexibility index (Phi) is 4.57. The normalized spacial score (nSPS) is 17.6. The van der Waals surface area contributed by atoms with Gasteiger partial charge >= 0.3 is 0 Å². The van der Waals surface area contributed by atoms with E-state index in [1.165, 1.54) is 0 Å². The fourth-order valence-electron chi connectivity index (χ4n) is 3.28. The summed E-state index contributed by atoms with van der Waals surface area (Å²) in [6.07, 6.45) is 9.96. The van der Waals surface area contributed by atoms with Gasteiger partial charge in [0.05, 0.1) is 36.8 Å². The lowest BCUT2D eigenvalue weighted by atomic mass is 10.1. The Labute approximate surface area is 150 Å². The molecule has 1 aliphatic rings. The van der Waals surface area contributed by atoms with Gasteiger partial charge in [0.15, 0.2) is 5.65 Å². The van der Waals surface area contributed by atoms with Crippen LogP contribution in [0.1, 0.15) is 28.2 Å². The van der Waals surface area contributed by atoms with Crippen LogP contribution >= 0.6 is 0 Å². The summed E-state index contributed by atoms with van der Waals surface area (Å²) in [5.41, 5.74) is 2.98. The Hall–Kier alpha value is -2.87. The van der Waals surface area contributed by atoms with Crippen molar-refractivity contribution in [1.29, 1.82) is 0 Å². The van der Waals surface area contributed by atoms with Crippen molar-refractivity contribution in [3.05, 3.63) is 54.0 Å². The minimum absolute atomic E-state index is 0.00341. The minimum atomic E-state index is -0.0529. The summed E-state index contributed by atoms with van der Waals surface area (Å²) in [6, 6.07) is 1.78. The molecule has 3 aromatic heterocycles. The highest BCUT2D eigenvalue weighted by molar-refractivity contribution is 5.99. The number of fused-ring (bicyclic) bond motifs is 1. The van der Waals surface area contributed by atoms with Crippen LogP contribution in [0, 0.1) is 6.92 Å². The van der Waals surface area contributed by atoms with Crippen LogP contribution in [0.2, 0.25) is 0 Å². The molecule has 1 aliphatic heterocycles. The molecular weight excluding hydrogens is 332 g/mol. The van der Waals surface area contributed by atoms with Crippen LogP contribution < -0.4 is 0 Å². The van der Waals surface area contributed by atoms with Crippen molar-refractivity contribution in [1.82, 2.24) is 29.5 Å². The fraction of sp³-hybridized carbons (Fsp3) is 0.389. The monoisotopic (exact) mass is 352 g/mol. The number of carbonyl (C=O) groups excluding carboxylic acids is 1. The first-order valence-corrected chi connectivity index (χ1v) is 8.67. The summed E-state index contributed by atoms with van der Waals surface area (Å²) in [7, 11) is 0. The maximum atomic E-state index is 13.1. The molecule has 0 spiro atoms. The molecule has 134 valence electrons. The summed E-state index contributed by atoms with van der Waals surface area (Å²) in [4.78, 5) is 28.0. The van der Waals surface area contributed by atoms with Crippen molar-refractivity contribution < 1.29 is 9.53 Å². The zero-order valence-corrected chi connectivity index (χ0v) is 14.6. The number of hydrogen-bond acceptors (Lipinski definition) is 6. The van der Waals surface area contributed by atoms with Crippen LogP contribution in [0.3, 0.4) is 0 Å². The van der Waals surface area contributed by atoms with Crippen molar-refractivity contribution in [3.8, 4) is 0 Å². The molecule has 1 saturated heterocycles. The topological polar surface area (TPSA) is 85.5 Å². The Morgan fingerprint density at radius 2 is 2.15 bits per heavy atom. The van der Waals surface area contributed by atoms with E-state index in [4.69, 9.17) is 4.74 Å². The molecule has 3 aromatic rings. The number of rotatable bonds is 4. The predicted octanol–water partition coefficient (Wildman–Crippen LogP) is 1.30. The van der Waals surface area contributed by atoms with Crippen molar-refractivity contribution in [2.75, 3.05) is 19.8 Å². The second kappa shape index (κ2) is 7.17. The number of carbonyl (C=O) groups is 1. The zero-order chi connectivity index (χ0) is 17.9. The number of hydrogen-bond donors (Lipinski definition) is 0. The molecule has 1 amide bonds. The Morgan fingerprint density at radius 3 is 3.04 bits per heavy atom. The number of aryl methyl sites for hydroxylation is 2. The molecule has 0 radical (unpaired) electrons. The number of ether oxygens (including phenoxy) is 1. The summed E-state index contributed by atoms with van der Waals surface area (Å²) >= 11 is 0. The van der Waals surface area contributed by atoms with Crippen LogP contribution in [0.4, 0.5) is 0 Å². The van der Waals surface area contributed by atoms with E-state index in [0.717, 1.165) is 24.2 Å². The Bertz CT molecular complexity index is 925. The number of morpholine rings is 1. The van der Waals surface area contributed by atoms with Gasteiger partial charge in [0.25, 0.3) is 5.91 Å². The van der Waals surface area contributed by atoms with E-state index in [1.54, 1.807) is 41.6 Å². The van der Waals surface area contributed by atoms with Gasteiger partial charge < -0.3 is 9.64 Å².